The van der Waals surface area contributed by atoms with E-state index < -0.39 is 0 Å². The van der Waals surface area contributed by atoms with Crippen LogP contribution in [0.1, 0.15) is 12.0 Å². The summed E-state index contributed by atoms with van der Waals surface area (Å²) in [5.74, 6) is 0.921. The van der Waals surface area contributed by atoms with Crippen molar-refractivity contribution in [3.8, 4) is 5.75 Å². The highest BCUT2D eigenvalue weighted by Crippen LogP contribution is 2.19. The summed E-state index contributed by atoms with van der Waals surface area (Å²) >= 11 is 9.70. The Morgan fingerprint density at radius 3 is 2.67 bits per heavy atom. The highest BCUT2D eigenvalue weighted by Gasteiger charge is 1.97. The minimum atomic E-state index is 0.270. The summed E-state index contributed by atoms with van der Waals surface area (Å²) < 4.78 is 0. The van der Waals surface area contributed by atoms with Crippen molar-refractivity contribution in [1.29, 1.82) is 0 Å². The van der Waals surface area contributed by atoms with Crippen molar-refractivity contribution in [2.45, 2.75) is 17.7 Å². The molecular weight excluding hydrogens is 192 g/mol. The van der Waals surface area contributed by atoms with Crippen LogP contribution in [0.2, 0.25) is 0 Å². The molecule has 0 aliphatic rings. The fourth-order valence-corrected chi connectivity index (χ4v) is 1.50. The van der Waals surface area contributed by atoms with Gasteiger partial charge in [-0.1, -0.05) is 0 Å². The van der Waals surface area contributed by atoms with Gasteiger partial charge in [0, 0.05) is 10.8 Å². The molecule has 0 amide bonds. The highest BCUT2D eigenvalue weighted by atomic mass is 35.5. The van der Waals surface area contributed by atoms with Crippen molar-refractivity contribution in [2.75, 3.05) is 5.88 Å². The van der Waals surface area contributed by atoms with Crippen LogP contribution in [0.3, 0.4) is 0 Å². The first-order valence-corrected chi connectivity index (χ1v) is 4.78. The topological polar surface area (TPSA) is 20.2 Å². The van der Waals surface area contributed by atoms with Gasteiger partial charge in [0.1, 0.15) is 5.75 Å². The van der Waals surface area contributed by atoms with Crippen LogP contribution in [0.25, 0.3) is 0 Å². The quantitative estimate of drug-likeness (QED) is 0.571. The molecule has 1 nitrogen and oxygen atoms in total. The lowest BCUT2D eigenvalue weighted by Gasteiger charge is -2.01. The van der Waals surface area contributed by atoms with E-state index in [9.17, 15) is 5.11 Å². The molecule has 0 saturated carbocycles. The molecule has 0 aromatic heterocycles. The van der Waals surface area contributed by atoms with E-state index >= 15 is 0 Å². The molecule has 1 N–H and O–H groups in total. The monoisotopic (exact) mass is 202 g/mol. The largest absolute Gasteiger partial charge is 0.508 e. The zero-order valence-electron chi connectivity index (χ0n) is 6.63. The van der Waals surface area contributed by atoms with E-state index in [4.69, 9.17) is 11.6 Å². The second-order valence-electron chi connectivity index (χ2n) is 2.65. The molecule has 66 valence electrons. The van der Waals surface area contributed by atoms with E-state index in [-0.39, 0.29) is 5.75 Å². The highest BCUT2D eigenvalue weighted by molar-refractivity contribution is 7.80. The van der Waals surface area contributed by atoms with Gasteiger partial charge in [-0.2, -0.15) is 0 Å². The number of hydrogen-bond acceptors (Lipinski definition) is 2. The number of phenolic OH excluding ortho intramolecular Hbond substituents is 1. The minimum Gasteiger partial charge on any atom is -0.508 e. The third-order valence-electron chi connectivity index (χ3n) is 1.56. The number of benzene rings is 1. The number of phenols is 1. The standard InChI is InChI=1S/C9H11ClOS/c10-3-1-2-7-4-8(11)6-9(12)5-7/h4-6,11-12H,1-3H2. The number of rotatable bonds is 3. The molecule has 1 aromatic carbocycles. The molecule has 0 heterocycles. The van der Waals surface area contributed by atoms with Crippen molar-refractivity contribution >= 4 is 24.2 Å². The molecule has 1 rings (SSSR count). The second kappa shape index (κ2) is 4.63. The van der Waals surface area contributed by atoms with E-state index in [1.807, 2.05) is 6.07 Å². The Kier molecular flexibility index (Phi) is 3.76. The molecular formula is C9H11ClOS. The van der Waals surface area contributed by atoms with E-state index in [0.717, 1.165) is 23.3 Å². The molecule has 0 atom stereocenters. The minimum absolute atomic E-state index is 0.270. The van der Waals surface area contributed by atoms with Crippen molar-refractivity contribution in [3.05, 3.63) is 23.8 Å². The first-order chi connectivity index (χ1) is 5.72. The number of alkyl halides is 1. The van der Waals surface area contributed by atoms with Gasteiger partial charge in [-0.25, -0.2) is 0 Å². The fourth-order valence-electron chi connectivity index (χ4n) is 1.07. The van der Waals surface area contributed by atoms with E-state index in [1.165, 1.54) is 0 Å². The van der Waals surface area contributed by atoms with Gasteiger partial charge in [0.05, 0.1) is 0 Å². The molecule has 0 aliphatic carbocycles. The Bertz CT molecular complexity index is 242. The van der Waals surface area contributed by atoms with Crippen molar-refractivity contribution in [2.24, 2.45) is 0 Å². The summed E-state index contributed by atoms with van der Waals surface area (Å²) in [7, 11) is 0. The van der Waals surface area contributed by atoms with Crippen LogP contribution in [0, 0.1) is 0 Å². The number of thiol groups is 1. The van der Waals surface area contributed by atoms with Crippen molar-refractivity contribution in [1.82, 2.24) is 0 Å². The fraction of sp³-hybridized carbons (Fsp3) is 0.333. The van der Waals surface area contributed by atoms with Gasteiger partial charge in [0.2, 0.25) is 0 Å². The molecule has 3 heteroatoms. The first-order valence-electron chi connectivity index (χ1n) is 3.80. The smallest absolute Gasteiger partial charge is 0.116 e. The van der Waals surface area contributed by atoms with Crippen LogP contribution in [0.4, 0.5) is 0 Å². The van der Waals surface area contributed by atoms with Crippen LogP contribution in [-0.4, -0.2) is 11.0 Å². The lowest BCUT2D eigenvalue weighted by molar-refractivity contribution is 0.473. The average molecular weight is 203 g/mol. The van der Waals surface area contributed by atoms with Crippen LogP contribution < -0.4 is 0 Å². The van der Waals surface area contributed by atoms with Gasteiger partial charge in [-0.3, -0.25) is 0 Å². The molecule has 0 unspecified atom stereocenters. The maximum atomic E-state index is 9.21. The van der Waals surface area contributed by atoms with E-state index in [0.29, 0.717) is 5.88 Å². The van der Waals surface area contributed by atoms with Gasteiger partial charge in [0.25, 0.3) is 0 Å². The molecule has 1 aromatic rings. The molecule has 0 spiro atoms. The zero-order valence-corrected chi connectivity index (χ0v) is 8.28. The zero-order chi connectivity index (χ0) is 8.97. The van der Waals surface area contributed by atoms with Gasteiger partial charge in [-0.05, 0) is 36.6 Å². The number of hydrogen-bond donors (Lipinski definition) is 2. The van der Waals surface area contributed by atoms with Crippen LogP contribution in [0.5, 0.6) is 5.75 Å². The summed E-state index contributed by atoms with van der Waals surface area (Å²) in [5.41, 5.74) is 1.08. The Balaban J connectivity index is 2.72. The molecule has 0 fully saturated rings. The van der Waals surface area contributed by atoms with Gasteiger partial charge < -0.3 is 5.11 Å². The van der Waals surface area contributed by atoms with Crippen LogP contribution >= 0.6 is 24.2 Å². The summed E-state index contributed by atoms with van der Waals surface area (Å²) in [6.45, 7) is 0. The van der Waals surface area contributed by atoms with Crippen LogP contribution in [0.15, 0.2) is 23.1 Å². The predicted octanol–water partition coefficient (Wildman–Crippen LogP) is 2.85. The molecule has 0 bridgehead atoms. The summed E-state index contributed by atoms with van der Waals surface area (Å²) in [4.78, 5) is 0.791. The van der Waals surface area contributed by atoms with Crippen molar-refractivity contribution in [3.63, 3.8) is 0 Å². The van der Waals surface area contributed by atoms with Gasteiger partial charge in [0.15, 0.2) is 0 Å². The summed E-state index contributed by atoms with van der Waals surface area (Å²) in [6, 6.07) is 5.30. The van der Waals surface area contributed by atoms with Crippen molar-refractivity contribution < 1.29 is 5.11 Å². The Morgan fingerprint density at radius 2 is 2.08 bits per heavy atom. The van der Waals surface area contributed by atoms with Gasteiger partial charge in [-0.15, -0.1) is 24.2 Å². The Morgan fingerprint density at radius 1 is 1.33 bits per heavy atom. The summed E-state index contributed by atoms with van der Waals surface area (Å²) in [6.07, 6.45) is 1.82. The Hall–Kier alpha value is -0.340. The van der Waals surface area contributed by atoms with Crippen LogP contribution in [-0.2, 0) is 6.42 Å². The second-order valence-corrected chi connectivity index (χ2v) is 3.54. The summed E-state index contributed by atoms with van der Waals surface area (Å²) in [5, 5.41) is 9.21. The first kappa shape index (κ1) is 9.75. The third-order valence-corrected chi connectivity index (χ3v) is 2.09. The molecule has 0 saturated heterocycles. The third kappa shape index (κ3) is 2.95. The molecule has 0 aliphatic heterocycles. The maximum absolute atomic E-state index is 9.21. The number of aryl methyl sites for hydroxylation is 1. The average Bonchev–Trinajstić information content (AvgIpc) is 1.99. The number of aromatic hydroxyl groups is 1. The lowest BCUT2D eigenvalue weighted by atomic mass is 10.1. The van der Waals surface area contributed by atoms with E-state index in [1.54, 1.807) is 12.1 Å². The SMILES string of the molecule is Oc1cc(S)cc(CCCCl)c1. The normalized spacial score (nSPS) is 10.2. The number of halogens is 1. The lowest BCUT2D eigenvalue weighted by Crippen LogP contribution is -1.86. The molecule has 12 heavy (non-hydrogen) atoms. The van der Waals surface area contributed by atoms with Gasteiger partial charge >= 0.3 is 0 Å². The molecule has 0 radical (unpaired) electrons. The maximum Gasteiger partial charge on any atom is 0.116 e. The predicted molar refractivity (Wildman–Crippen MR) is 54.4 cm³/mol. The Labute approximate surface area is 82.8 Å². The van der Waals surface area contributed by atoms with E-state index in [2.05, 4.69) is 12.6 Å².